The van der Waals surface area contributed by atoms with Crippen molar-refractivity contribution in [2.24, 2.45) is 0 Å². The summed E-state index contributed by atoms with van der Waals surface area (Å²) in [6, 6.07) is 6.42. The van der Waals surface area contributed by atoms with Crippen LogP contribution in [0.5, 0.6) is 0 Å². The van der Waals surface area contributed by atoms with Crippen molar-refractivity contribution >= 4 is 11.6 Å². The molecule has 2 N–H and O–H groups in total. The summed E-state index contributed by atoms with van der Waals surface area (Å²) in [4.78, 5) is 0. The second-order valence-electron chi connectivity index (χ2n) is 3.68. The van der Waals surface area contributed by atoms with E-state index in [4.69, 9.17) is 11.6 Å². The van der Waals surface area contributed by atoms with Gasteiger partial charge in [-0.15, -0.1) is 0 Å². The predicted octanol–water partition coefficient (Wildman–Crippen LogP) is 1.88. The van der Waals surface area contributed by atoms with Crippen LogP contribution < -0.4 is 10.6 Å². The van der Waals surface area contributed by atoms with E-state index in [1.165, 1.54) is 11.1 Å². The molecule has 1 saturated heterocycles. The lowest BCUT2D eigenvalue weighted by Gasteiger charge is -2.26. The largest absolute Gasteiger partial charge is 0.314 e. The van der Waals surface area contributed by atoms with Gasteiger partial charge in [0.05, 0.1) is 0 Å². The summed E-state index contributed by atoms with van der Waals surface area (Å²) >= 11 is 6.20. The van der Waals surface area contributed by atoms with Gasteiger partial charge in [0, 0.05) is 30.7 Å². The van der Waals surface area contributed by atoms with Crippen LogP contribution in [0.4, 0.5) is 0 Å². The molecule has 1 atom stereocenters. The summed E-state index contributed by atoms with van der Waals surface area (Å²) in [6.07, 6.45) is 0. The average molecular weight is 211 g/mol. The number of benzene rings is 1. The third-order valence-electron chi connectivity index (χ3n) is 2.66. The SMILES string of the molecule is Cc1cccc(Cl)c1[C@@H]1CNCCN1. The van der Waals surface area contributed by atoms with E-state index in [9.17, 15) is 0 Å². The van der Waals surface area contributed by atoms with Gasteiger partial charge in [0.25, 0.3) is 0 Å². The first-order chi connectivity index (χ1) is 6.79. The van der Waals surface area contributed by atoms with E-state index in [-0.39, 0.29) is 0 Å². The van der Waals surface area contributed by atoms with Crippen molar-refractivity contribution in [2.45, 2.75) is 13.0 Å². The Labute approximate surface area is 89.7 Å². The molecule has 0 saturated carbocycles. The molecule has 0 radical (unpaired) electrons. The fraction of sp³-hybridized carbons (Fsp3) is 0.455. The minimum atomic E-state index is 0.359. The summed E-state index contributed by atoms with van der Waals surface area (Å²) in [5, 5.41) is 7.70. The fourth-order valence-electron chi connectivity index (χ4n) is 1.94. The molecule has 0 spiro atoms. The van der Waals surface area contributed by atoms with Crippen molar-refractivity contribution in [3.8, 4) is 0 Å². The quantitative estimate of drug-likeness (QED) is 0.740. The van der Waals surface area contributed by atoms with Gasteiger partial charge in [0.2, 0.25) is 0 Å². The summed E-state index contributed by atoms with van der Waals surface area (Å²) in [5.74, 6) is 0. The Morgan fingerprint density at radius 3 is 2.86 bits per heavy atom. The summed E-state index contributed by atoms with van der Waals surface area (Å²) in [5.41, 5.74) is 2.50. The molecule has 2 nitrogen and oxygen atoms in total. The van der Waals surface area contributed by atoms with Crippen LogP contribution in [0.15, 0.2) is 18.2 Å². The highest BCUT2D eigenvalue weighted by molar-refractivity contribution is 6.31. The Balaban J connectivity index is 2.29. The zero-order valence-electron chi connectivity index (χ0n) is 8.31. The number of nitrogens with one attached hydrogen (secondary N) is 2. The fourth-order valence-corrected chi connectivity index (χ4v) is 2.30. The van der Waals surface area contributed by atoms with Gasteiger partial charge in [-0.3, -0.25) is 0 Å². The van der Waals surface area contributed by atoms with Gasteiger partial charge >= 0.3 is 0 Å². The molecule has 1 aromatic rings. The van der Waals surface area contributed by atoms with E-state index in [1.807, 2.05) is 12.1 Å². The standard InChI is InChI=1S/C11H15ClN2/c1-8-3-2-4-9(12)11(8)10-7-13-5-6-14-10/h2-4,10,13-14H,5-7H2,1H3/t10-/m0/s1. The van der Waals surface area contributed by atoms with Gasteiger partial charge in [-0.05, 0) is 24.1 Å². The predicted molar refractivity (Wildman–Crippen MR) is 59.8 cm³/mol. The first-order valence-electron chi connectivity index (χ1n) is 4.98. The van der Waals surface area contributed by atoms with Crippen molar-refractivity contribution < 1.29 is 0 Å². The molecule has 14 heavy (non-hydrogen) atoms. The lowest BCUT2D eigenvalue weighted by molar-refractivity contribution is 0.429. The zero-order chi connectivity index (χ0) is 9.97. The van der Waals surface area contributed by atoms with Gasteiger partial charge in [0.15, 0.2) is 0 Å². The molecule has 0 aliphatic carbocycles. The molecule has 1 heterocycles. The second kappa shape index (κ2) is 4.30. The molecule has 1 aliphatic rings. The zero-order valence-corrected chi connectivity index (χ0v) is 9.06. The van der Waals surface area contributed by atoms with Gasteiger partial charge < -0.3 is 10.6 Å². The van der Waals surface area contributed by atoms with Gasteiger partial charge in [-0.25, -0.2) is 0 Å². The molecular weight excluding hydrogens is 196 g/mol. The highest BCUT2D eigenvalue weighted by Gasteiger charge is 2.18. The molecule has 1 aliphatic heterocycles. The van der Waals surface area contributed by atoms with Crippen molar-refractivity contribution in [1.29, 1.82) is 0 Å². The van der Waals surface area contributed by atoms with Crippen LogP contribution in [0.25, 0.3) is 0 Å². The maximum absolute atomic E-state index is 6.20. The number of halogens is 1. The van der Waals surface area contributed by atoms with Crippen molar-refractivity contribution in [3.63, 3.8) is 0 Å². The third kappa shape index (κ3) is 1.92. The monoisotopic (exact) mass is 210 g/mol. The Morgan fingerprint density at radius 2 is 2.21 bits per heavy atom. The van der Waals surface area contributed by atoms with E-state index < -0.39 is 0 Å². The Bertz CT molecular complexity index is 299. The molecule has 0 aromatic heterocycles. The minimum absolute atomic E-state index is 0.359. The molecular formula is C11H15ClN2. The van der Waals surface area contributed by atoms with Crippen LogP contribution >= 0.6 is 11.6 Å². The summed E-state index contributed by atoms with van der Waals surface area (Å²) < 4.78 is 0. The number of hydrogen-bond donors (Lipinski definition) is 2. The highest BCUT2D eigenvalue weighted by Crippen LogP contribution is 2.26. The maximum Gasteiger partial charge on any atom is 0.0464 e. The van der Waals surface area contributed by atoms with E-state index in [1.54, 1.807) is 0 Å². The molecule has 76 valence electrons. The van der Waals surface area contributed by atoms with Crippen LogP contribution in [-0.4, -0.2) is 19.6 Å². The molecule has 0 bridgehead atoms. The Morgan fingerprint density at radius 1 is 1.36 bits per heavy atom. The molecule has 0 unspecified atom stereocenters. The number of hydrogen-bond acceptors (Lipinski definition) is 2. The Hall–Kier alpha value is -0.570. The summed E-state index contributed by atoms with van der Waals surface area (Å²) in [6.45, 7) is 5.12. The molecule has 3 heteroatoms. The minimum Gasteiger partial charge on any atom is -0.314 e. The first-order valence-corrected chi connectivity index (χ1v) is 5.36. The van der Waals surface area contributed by atoms with Gasteiger partial charge in [0.1, 0.15) is 0 Å². The van der Waals surface area contributed by atoms with Gasteiger partial charge in [-0.1, -0.05) is 23.7 Å². The molecule has 1 aromatic carbocycles. The molecule has 0 amide bonds. The highest BCUT2D eigenvalue weighted by atomic mass is 35.5. The Kier molecular flexibility index (Phi) is 3.06. The number of piperazine rings is 1. The normalized spacial score (nSPS) is 22.3. The maximum atomic E-state index is 6.20. The van der Waals surface area contributed by atoms with Crippen molar-refractivity contribution in [2.75, 3.05) is 19.6 Å². The lowest BCUT2D eigenvalue weighted by atomic mass is 10.00. The number of rotatable bonds is 1. The van der Waals surface area contributed by atoms with Crippen LogP contribution in [0.1, 0.15) is 17.2 Å². The van der Waals surface area contributed by atoms with E-state index >= 15 is 0 Å². The molecule has 1 fully saturated rings. The lowest BCUT2D eigenvalue weighted by Crippen LogP contribution is -2.43. The third-order valence-corrected chi connectivity index (χ3v) is 2.99. The molecule has 2 rings (SSSR count). The smallest absolute Gasteiger partial charge is 0.0464 e. The van der Waals surface area contributed by atoms with Gasteiger partial charge in [-0.2, -0.15) is 0 Å². The first kappa shape index (κ1) is 9.97. The average Bonchev–Trinajstić information content (AvgIpc) is 2.19. The number of aryl methyl sites for hydroxylation is 1. The summed E-state index contributed by atoms with van der Waals surface area (Å²) in [7, 11) is 0. The van der Waals surface area contributed by atoms with E-state index in [2.05, 4.69) is 23.6 Å². The van der Waals surface area contributed by atoms with Crippen LogP contribution in [0.2, 0.25) is 5.02 Å². The van der Waals surface area contributed by atoms with Crippen molar-refractivity contribution in [1.82, 2.24) is 10.6 Å². The second-order valence-corrected chi connectivity index (χ2v) is 4.09. The topological polar surface area (TPSA) is 24.1 Å². The van der Waals surface area contributed by atoms with E-state index in [0.717, 1.165) is 24.7 Å². The van der Waals surface area contributed by atoms with Crippen molar-refractivity contribution in [3.05, 3.63) is 34.3 Å². The van der Waals surface area contributed by atoms with Crippen LogP contribution in [0, 0.1) is 6.92 Å². The van der Waals surface area contributed by atoms with Crippen LogP contribution in [0.3, 0.4) is 0 Å². The van der Waals surface area contributed by atoms with E-state index in [0.29, 0.717) is 6.04 Å². The van der Waals surface area contributed by atoms with Crippen LogP contribution in [-0.2, 0) is 0 Å².